The molecule has 0 spiro atoms. The summed E-state index contributed by atoms with van der Waals surface area (Å²) in [6.07, 6.45) is 9.39. The van der Waals surface area contributed by atoms with E-state index in [-0.39, 0.29) is 11.4 Å². The summed E-state index contributed by atoms with van der Waals surface area (Å²) in [6, 6.07) is 9.93. The van der Waals surface area contributed by atoms with Crippen molar-refractivity contribution in [3.63, 3.8) is 0 Å². The summed E-state index contributed by atoms with van der Waals surface area (Å²) in [7, 11) is 0. The van der Waals surface area contributed by atoms with Gasteiger partial charge in [0.05, 0.1) is 0 Å². The van der Waals surface area contributed by atoms with E-state index in [1.54, 1.807) is 6.08 Å². The molecule has 0 aliphatic carbocycles. The van der Waals surface area contributed by atoms with Gasteiger partial charge in [-0.3, -0.25) is 9.69 Å². The first-order chi connectivity index (χ1) is 11.8. The molecule has 2 saturated heterocycles. The number of hydrogen-bond acceptors (Lipinski definition) is 3. The minimum absolute atomic E-state index is 0.0123. The van der Waals surface area contributed by atoms with Crippen LogP contribution >= 0.6 is 0 Å². The second kappa shape index (κ2) is 8.45. The number of benzene rings is 1. The zero-order valence-electron chi connectivity index (χ0n) is 14.4. The summed E-state index contributed by atoms with van der Waals surface area (Å²) in [6.45, 7) is 4.61. The molecule has 0 saturated carbocycles. The van der Waals surface area contributed by atoms with Crippen LogP contribution in [0.2, 0.25) is 0 Å². The minimum Gasteiger partial charge on any atom is -0.381 e. The van der Waals surface area contributed by atoms with Crippen molar-refractivity contribution in [3.8, 4) is 0 Å². The monoisotopic (exact) mass is 328 g/mol. The Kier molecular flexibility index (Phi) is 6.05. The molecule has 2 heterocycles. The Morgan fingerprint density at radius 3 is 2.54 bits per heavy atom. The summed E-state index contributed by atoms with van der Waals surface area (Å²) in [5, 5.41) is 3.14. The fourth-order valence-corrected chi connectivity index (χ4v) is 3.77. The van der Waals surface area contributed by atoms with Gasteiger partial charge < -0.3 is 10.1 Å². The zero-order valence-corrected chi connectivity index (χ0v) is 14.4. The van der Waals surface area contributed by atoms with E-state index in [9.17, 15) is 4.79 Å². The van der Waals surface area contributed by atoms with Crippen molar-refractivity contribution in [3.05, 3.63) is 42.0 Å². The molecule has 2 aliphatic heterocycles. The lowest BCUT2D eigenvalue weighted by atomic mass is 9.86. The van der Waals surface area contributed by atoms with E-state index in [2.05, 4.69) is 10.2 Å². The number of amides is 1. The van der Waals surface area contributed by atoms with E-state index in [0.717, 1.165) is 44.7 Å². The van der Waals surface area contributed by atoms with Crippen LogP contribution in [0.4, 0.5) is 0 Å². The molecule has 0 atom stereocenters. The van der Waals surface area contributed by atoms with Crippen LogP contribution in [0, 0.1) is 0 Å². The summed E-state index contributed by atoms with van der Waals surface area (Å²) in [4.78, 5) is 14.8. The Morgan fingerprint density at radius 1 is 1.12 bits per heavy atom. The van der Waals surface area contributed by atoms with Crippen molar-refractivity contribution in [1.29, 1.82) is 0 Å². The SMILES string of the molecule is O=C(/C=C\c1ccccc1)NCC1(N2CCCCC2)CCOCC1. The predicted molar refractivity (Wildman–Crippen MR) is 96.7 cm³/mol. The van der Waals surface area contributed by atoms with Crippen LogP contribution in [0.1, 0.15) is 37.7 Å². The second-order valence-electron chi connectivity index (χ2n) is 6.85. The Bertz CT molecular complexity index is 544. The number of rotatable bonds is 5. The van der Waals surface area contributed by atoms with Gasteiger partial charge in [0.15, 0.2) is 0 Å². The zero-order chi connectivity index (χ0) is 16.7. The molecule has 1 N–H and O–H groups in total. The van der Waals surface area contributed by atoms with Gasteiger partial charge in [-0.05, 0) is 50.4 Å². The van der Waals surface area contributed by atoms with Gasteiger partial charge >= 0.3 is 0 Å². The van der Waals surface area contributed by atoms with Gasteiger partial charge in [0.1, 0.15) is 0 Å². The van der Waals surface area contributed by atoms with Crippen molar-refractivity contribution in [2.45, 2.75) is 37.6 Å². The van der Waals surface area contributed by atoms with Crippen LogP contribution in [0.25, 0.3) is 6.08 Å². The first kappa shape index (κ1) is 17.2. The standard InChI is InChI=1S/C20H28N2O2/c23-19(10-9-18-7-3-1-4-8-18)21-17-20(11-15-24-16-12-20)22-13-5-2-6-14-22/h1,3-4,7-10H,2,5-6,11-17H2,(H,21,23)/b10-9-. The fraction of sp³-hybridized carbons (Fsp3) is 0.550. The van der Waals surface area contributed by atoms with Crippen molar-refractivity contribution in [2.24, 2.45) is 0 Å². The summed E-state index contributed by atoms with van der Waals surface area (Å²) in [5.74, 6) is -0.0123. The fourth-order valence-electron chi connectivity index (χ4n) is 3.77. The molecule has 0 bridgehead atoms. The van der Waals surface area contributed by atoms with E-state index in [1.165, 1.54) is 19.3 Å². The Hall–Kier alpha value is -1.65. The quantitative estimate of drug-likeness (QED) is 0.845. The lowest BCUT2D eigenvalue weighted by molar-refractivity contribution is -0.118. The molecule has 0 aromatic heterocycles. The third kappa shape index (κ3) is 4.46. The van der Waals surface area contributed by atoms with Gasteiger partial charge in [0.25, 0.3) is 0 Å². The van der Waals surface area contributed by atoms with Crippen LogP contribution in [-0.4, -0.2) is 49.2 Å². The van der Waals surface area contributed by atoms with Gasteiger partial charge in [-0.25, -0.2) is 0 Å². The van der Waals surface area contributed by atoms with E-state index in [4.69, 9.17) is 4.74 Å². The third-order valence-corrected chi connectivity index (χ3v) is 5.27. The highest BCUT2D eigenvalue weighted by Crippen LogP contribution is 2.30. The van der Waals surface area contributed by atoms with Crippen molar-refractivity contribution in [1.82, 2.24) is 10.2 Å². The van der Waals surface area contributed by atoms with Crippen LogP contribution in [-0.2, 0) is 9.53 Å². The van der Waals surface area contributed by atoms with E-state index < -0.39 is 0 Å². The molecule has 4 heteroatoms. The molecule has 1 aromatic carbocycles. The molecule has 0 unspecified atom stereocenters. The number of hydrogen-bond donors (Lipinski definition) is 1. The van der Waals surface area contributed by atoms with Crippen molar-refractivity contribution >= 4 is 12.0 Å². The van der Waals surface area contributed by atoms with Crippen molar-refractivity contribution < 1.29 is 9.53 Å². The number of ether oxygens (including phenoxy) is 1. The van der Waals surface area contributed by atoms with Crippen LogP contribution < -0.4 is 5.32 Å². The third-order valence-electron chi connectivity index (χ3n) is 5.27. The summed E-state index contributed by atoms with van der Waals surface area (Å²) >= 11 is 0. The van der Waals surface area contributed by atoms with E-state index in [0.29, 0.717) is 6.54 Å². The molecular formula is C20H28N2O2. The average molecular weight is 328 g/mol. The number of carbonyl (C=O) groups is 1. The van der Waals surface area contributed by atoms with Crippen molar-refractivity contribution in [2.75, 3.05) is 32.8 Å². The minimum atomic E-state index is -0.0123. The van der Waals surface area contributed by atoms with Gasteiger partial charge in [-0.15, -0.1) is 0 Å². The molecule has 1 aromatic rings. The van der Waals surface area contributed by atoms with E-state index in [1.807, 2.05) is 36.4 Å². The molecule has 4 nitrogen and oxygen atoms in total. The maximum absolute atomic E-state index is 12.2. The normalized spacial score (nSPS) is 21.7. The molecule has 3 rings (SSSR count). The first-order valence-corrected chi connectivity index (χ1v) is 9.12. The lowest BCUT2D eigenvalue weighted by Gasteiger charge is -2.48. The van der Waals surface area contributed by atoms with E-state index >= 15 is 0 Å². The molecule has 2 aliphatic rings. The Balaban J connectivity index is 1.58. The maximum atomic E-state index is 12.2. The molecule has 0 radical (unpaired) electrons. The highest BCUT2D eigenvalue weighted by Gasteiger charge is 2.38. The van der Waals surface area contributed by atoms with Gasteiger partial charge in [-0.1, -0.05) is 36.8 Å². The highest BCUT2D eigenvalue weighted by atomic mass is 16.5. The Morgan fingerprint density at radius 2 is 1.83 bits per heavy atom. The Labute approximate surface area is 144 Å². The van der Waals surface area contributed by atoms with Crippen LogP contribution in [0.5, 0.6) is 0 Å². The number of piperidine rings is 1. The molecule has 2 fully saturated rings. The van der Waals surface area contributed by atoms with Crippen LogP contribution in [0.15, 0.2) is 36.4 Å². The predicted octanol–water partition coefficient (Wildman–Crippen LogP) is 2.85. The molecule has 1 amide bonds. The maximum Gasteiger partial charge on any atom is 0.244 e. The van der Waals surface area contributed by atoms with Crippen LogP contribution in [0.3, 0.4) is 0 Å². The first-order valence-electron chi connectivity index (χ1n) is 9.12. The number of nitrogens with zero attached hydrogens (tertiary/aromatic N) is 1. The number of likely N-dealkylation sites (tertiary alicyclic amines) is 1. The number of nitrogens with one attached hydrogen (secondary N) is 1. The average Bonchev–Trinajstić information content (AvgIpc) is 2.67. The molecule has 24 heavy (non-hydrogen) atoms. The topological polar surface area (TPSA) is 41.6 Å². The summed E-state index contributed by atoms with van der Waals surface area (Å²) in [5.41, 5.74) is 1.12. The van der Waals surface area contributed by atoms with Gasteiger partial charge in [0, 0.05) is 31.4 Å². The molecular weight excluding hydrogens is 300 g/mol. The molecule has 130 valence electrons. The number of carbonyl (C=O) groups excluding carboxylic acids is 1. The summed E-state index contributed by atoms with van der Waals surface area (Å²) < 4.78 is 5.57. The lowest BCUT2D eigenvalue weighted by Crippen LogP contribution is -2.59. The largest absolute Gasteiger partial charge is 0.381 e. The smallest absolute Gasteiger partial charge is 0.244 e. The highest BCUT2D eigenvalue weighted by molar-refractivity contribution is 5.91. The van der Waals surface area contributed by atoms with Gasteiger partial charge in [-0.2, -0.15) is 0 Å². The second-order valence-corrected chi connectivity index (χ2v) is 6.85. The van der Waals surface area contributed by atoms with Gasteiger partial charge in [0.2, 0.25) is 5.91 Å².